The van der Waals surface area contributed by atoms with Gasteiger partial charge in [-0.15, -0.1) is 0 Å². The molecular weight excluding hydrogens is 258 g/mol. The monoisotopic (exact) mass is 273 g/mol. The molecule has 6 nitrogen and oxygen atoms in total. The fraction of sp³-hybridized carbons (Fsp3) is 0.357. The van der Waals surface area contributed by atoms with Gasteiger partial charge in [0.15, 0.2) is 0 Å². The molecule has 2 aromatic rings. The molecule has 1 aromatic heterocycles. The largest absolute Gasteiger partial charge is 0.481 e. The Labute approximate surface area is 115 Å². The molecule has 0 spiro atoms. The van der Waals surface area contributed by atoms with E-state index in [0.717, 1.165) is 16.9 Å². The number of hydrogen-bond donors (Lipinski definition) is 2. The number of hydrogen-bond acceptors (Lipinski definition) is 3. The van der Waals surface area contributed by atoms with Crippen LogP contribution in [0.15, 0.2) is 18.2 Å². The molecule has 1 unspecified atom stereocenters. The lowest BCUT2D eigenvalue weighted by atomic mass is 10.1. The second kappa shape index (κ2) is 4.63. The van der Waals surface area contributed by atoms with Crippen molar-refractivity contribution in [3.05, 3.63) is 29.6 Å². The molecule has 1 atom stereocenters. The Balaban J connectivity index is 1.83. The van der Waals surface area contributed by atoms with Gasteiger partial charge >= 0.3 is 5.97 Å². The van der Waals surface area contributed by atoms with E-state index >= 15 is 0 Å². The molecule has 104 valence electrons. The maximum atomic E-state index is 12.4. The van der Waals surface area contributed by atoms with Crippen LogP contribution in [0.5, 0.6) is 0 Å². The fourth-order valence-electron chi connectivity index (χ4n) is 2.60. The van der Waals surface area contributed by atoms with Gasteiger partial charge in [0.1, 0.15) is 5.82 Å². The second-order valence-corrected chi connectivity index (χ2v) is 5.13. The highest BCUT2D eigenvalue weighted by Crippen LogP contribution is 2.20. The number of carboxylic acids is 1. The highest BCUT2D eigenvalue weighted by atomic mass is 16.4. The van der Waals surface area contributed by atoms with Gasteiger partial charge in [-0.25, -0.2) is 4.98 Å². The number of aromatic amines is 1. The van der Waals surface area contributed by atoms with Crippen molar-refractivity contribution in [2.75, 3.05) is 13.1 Å². The molecule has 1 aromatic carbocycles. The van der Waals surface area contributed by atoms with Gasteiger partial charge in [-0.3, -0.25) is 9.59 Å². The summed E-state index contributed by atoms with van der Waals surface area (Å²) in [5.74, 6) is -0.600. The molecule has 0 bridgehead atoms. The number of imidazole rings is 1. The van der Waals surface area contributed by atoms with Crippen LogP contribution >= 0.6 is 0 Å². The Morgan fingerprint density at radius 1 is 1.45 bits per heavy atom. The van der Waals surface area contributed by atoms with E-state index in [2.05, 4.69) is 9.97 Å². The van der Waals surface area contributed by atoms with Gasteiger partial charge in [-0.05, 0) is 31.5 Å². The molecule has 1 fully saturated rings. The summed E-state index contributed by atoms with van der Waals surface area (Å²) in [4.78, 5) is 32.3. The summed E-state index contributed by atoms with van der Waals surface area (Å²) in [5.41, 5.74) is 2.21. The van der Waals surface area contributed by atoms with E-state index in [9.17, 15) is 9.59 Å². The highest BCUT2D eigenvalue weighted by Gasteiger charge is 2.31. The van der Waals surface area contributed by atoms with Gasteiger partial charge in [0, 0.05) is 18.7 Å². The number of nitrogens with one attached hydrogen (secondary N) is 1. The summed E-state index contributed by atoms with van der Waals surface area (Å²) >= 11 is 0. The summed E-state index contributed by atoms with van der Waals surface area (Å²) in [5, 5.41) is 8.98. The molecular formula is C14H15N3O3. The molecule has 1 aliphatic heterocycles. The minimum atomic E-state index is -0.833. The number of fused-ring (bicyclic) bond motifs is 1. The van der Waals surface area contributed by atoms with E-state index in [-0.39, 0.29) is 12.5 Å². The van der Waals surface area contributed by atoms with Crippen molar-refractivity contribution in [2.45, 2.75) is 13.3 Å². The average molecular weight is 273 g/mol. The van der Waals surface area contributed by atoms with Crippen LogP contribution in [0.2, 0.25) is 0 Å². The smallest absolute Gasteiger partial charge is 0.308 e. The Morgan fingerprint density at radius 2 is 2.25 bits per heavy atom. The molecule has 6 heteroatoms. The number of H-pyrrole nitrogens is 1. The van der Waals surface area contributed by atoms with Crippen molar-refractivity contribution in [3.8, 4) is 0 Å². The van der Waals surface area contributed by atoms with Gasteiger partial charge in [-0.1, -0.05) is 0 Å². The quantitative estimate of drug-likeness (QED) is 0.866. The summed E-state index contributed by atoms with van der Waals surface area (Å²) < 4.78 is 0. The molecule has 0 radical (unpaired) electrons. The first-order chi connectivity index (χ1) is 9.54. The van der Waals surface area contributed by atoms with Gasteiger partial charge in [0.25, 0.3) is 5.91 Å². The second-order valence-electron chi connectivity index (χ2n) is 5.13. The van der Waals surface area contributed by atoms with E-state index in [4.69, 9.17) is 5.11 Å². The number of carbonyl (C=O) groups is 2. The lowest BCUT2D eigenvalue weighted by Gasteiger charge is -2.15. The Hall–Kier alpha value is -2.37. The maximum absolute atomic E-state index is 12.4. The van der Waals surface area contributed by atoms with Crippen molar-refractivity contribution >= 4 is 22.9 Å². The number of carboxylic acid groups (broad SMARTS) is 1. The number of benzene rings is 1. The SMILES string of the molecule is Cc1nc2ccc(C(=O)N3CCC(C(=O)O)C3)cc2[nH]1. The van der Waals surface area contributed by atoms with Crippen LogP contribution in [-0.4, -0.2) is 44.9 Å². The number of carbonyl (C=O) groups excluding carboxylic acids is 1. The summed E-state index contributed by atoms with van der Waals surface area (Å²) in [6, 6.07) is 5.31. The van der Waals surface area contributed by atoms with Crippen LogP contribution in [0.25, 0.3) is 11.0 Å². The van der Waals surface area contributed by atoms with Crippen LogP contribution in [0.3, 0.4) is 0 Å². The van der Waals surface area contributed by atoms with Crippen molar-refractivity contribution in [1.29, 1.82) is 0 Å². The summed E-state index contributed by atoms with van der Waals surface area (Å²) in [6.45, 7) is 2.64. The minimum absolute atomic E-state index is 0.122. The topological polar surface area (TPSA) is 86.3 Å². The van der Waals surface area contributed by atoms with E-state index in [0.29, 0.717) is 18.5 Å². The minimum Gasteiger partial charge on any atom is -0.481 e. The van der Waals surface area contributed by atoms with E-state index in [1.165, 1.54) is 0 Å². The molecule has 2 N–H and O–H groups in total. The summed E-state index contributed by atoms with van der Waals surface area (Å²) in [6.07, 6.45) is 0.520. The zero-order chi connectivity index (χ0) is 14.3. The van der Waals surface area contributed by atoms with Crippen molar-refractivity contribution in [2.24, 2.45) is 5.92 Å². The van der Waals surface area contributed by atoms with Gasteiger partial charge in [0.05, 0.1) is 17.0 Å². The number of likely N-dealkylation sites (tertiary alicyclic amines) is 1. The predicted molar refractivity (Wildman–Crippen MR) is 72.5 cm³/mol. The molecule has 1 aliphatic rings. The highest BCUT2D eigenvalue weighted by molar-refractivity contribution is 5.97. The van der Waals surface area contributed by atoms with Crippen LogP contribution in [0, 0.1) is 12.8 Å². The number of rotatable bonds is 2. The van der Waals surface area contributed by atoms with Crippen LogP contribution in [-0.2, 0) is 4.79 Å². The zero-order valence-electron chi connectivity index (χ0n) is 11.1. The van der Waals surface area contributed by atoms with Crippen LogP contribution in [0.1, 0.15) is 22.6 Å². The third kappa shape index (κ3) is 2.13. The van der Waals surface area contributed by atoms with Gasteiger partial charge in [-0.2, -0.15) is 0 Å². The molecule has 1 amide bonds. The number of aromatic nitrogens is 2. The van der Waals surface area contributed by atoms with Gasteiger partial charge < -0.3 is 15.0 Å². The van der Waals surface area contributed by atoms with E-state index in [1.54, 1.807) is 23.1 Å². The van der Waals surface area contributed by atoms with Crippen LogP contribution < -0.4 is 0 Å². The van der Waals surface area contributed by atoms with Crippen molar-refractivity contribution in [1.82, 2.24) is 14.9 Å². The van der Waals surface area contributed by atoms with E-state index < -0.39 is 11.9 Å². The van der Waals surface area contributed by atoms with Crippen LogP contribution in [0.4, 0.5) is 0 Å². The van der Waals surface area contributed by atoms with E-state index in [1.807, 2.05) is 6.92 Å². The zero-order valence-corrected chi connectivity index (χ0v) is 11.1. The number of aliphatic carboxylic acids is 1. The number of nitrogens with zero attached hydrogens (tertiary/aromatic N) is 2. The van der Waals surface area contributed by atoms with Gasteiger partial charge in [0.2, 0.25) is 0 Å². The van der Waals surface area contributed by atoms with Crippen molar-refractivity contribution < 1.29 is 14.7 Å². The summed E-state index contributed by atoms with van der Waals surface area (Å²) in [7, 11) is 0. The third-order valence-corrected chi connectivity index (χ3v) is 3.67. The number of amides is 1. The normalized spacial score (nSPS) is 18.6. The average Bonchev–Trinajstić information content (AvgIpc) is 3.02. The maximum Gasteiger partial charge on any atom is 0.308 e. The molecule has 20 heavy (non-hydrogen) atoms. The first kappa shape index (κ1) is 12.7. The predicted octanol–water partition coefficient (Wildman–Crippen LogP) is 1.42. The lowest BCUT2D eigenvalue weighted by molar-refractivity contribution is -0.141. The third-order valence-electron chi connectivity index (χ3n) is 3.67. The molecule has 0 saturated carbocycles. The first-order valence-electron chi connectivity index (χ1n) is 6.53. The fourth-order valence-corrected chi connectivity index (χ4v) is 2.60. The first-order valence-corrected chi connectivity index (χ1v) is 6.53. The molecule has 3 rings (SSSR count). The lowest BCUT2D eigenvalue weighted by Crippen LogP contribution is -2.29. The Bertz CT molecular complexity index is 692. The van der Waals surface area contributed by atoms with Crippen molar-refractivity contribution in [3.63, 3.8) is 0 Å². The molecule has 2 heterocycles. The Kier molecular flexibility index (Phi) is 2.93. The number of aryl methyl sites for hydroxylation is 1. The molecule has 0 aliphatic carbocycles. The standard InChI is InChI=1S/C14H15N3O3/c1-8-15-11-3-2-9(6-12(11)16-8)13(18)17-5-4-10(7-17)14(19)20/h2-3,6,10H,4-5,7H2,1H3,(H,15,16)(H,19,20). The molecule has 1 saturated heterocycles. The Morgan fingerprint density at radius 3 is 2.95 bits per heavy atom.